The first-order chi connectivity index (χ1) is 7.61. The molecule has 0 aliphatic carbocycles. The lowest BCUT2D eigenvalue weighted by atomic mass is 10.1. The Bertz CT molecular complexity index is 504. The van der Waals surface area contributed by atoms with Gasteiger partial charge in [-0.2, -0.15) is 0 Å². The van der Waals surface area contributed by atoms with Gasteiger partial charge in [-0.15, -0.1) is 0 Å². The average Bonchev–Trinajstić information content (AvgIpc) is 2.55. The Labute approximate surface area is 104 Å². The lowest BCUT2D eigenvalue weighted by Crippen LogP contribution is -2.09. The van der Waals surface area contributed by atoms with Crippen LogP contribution in [-0.4, -0.2) is 9.55 Å². The molecular formula is C12H16BrN3. The summed E-state index contributed by atoms with van der Waals surface area (Å²) < 4.78 is 3.15. The van der Waals surface area contributed by atoms with E-state index in [1.54, 1.807) is 0 Å². The van der Waals surface area contributed by atoms with Crippen molar-refractivity contribution in [2.24, 2.45) is 5.92 Å². The molecule has 1 atom stereocenters. The molecule has 0 saturated carbocycles. The van der Waals surface area contributed by atoms with Gasteiger partial charge in [0.1, 0.15) is 0 Å². The fourth-order valence-corrected chi connectivity index (χ4v) is 2.10. The van der Waals surface area contributed by atoms with Gasteiger partial charge in [0.05, 0.1) is 11.0 Å². The predicted octanol–water partition coefficient (Wildman–Crippen LogP) is 3.43. The van der Waals surface area contributed by atoms with Crippen LogP contribution in [0.3, 0.4) is 0 Å². The number of nitrogens with two attached hydrogens (primary N) is 1. The summed E-state index contributed by atoms with van der Waals surface area (Å²) in [6.45, 7) is 5.34. The molecule has 0 amide bonds. The highest BCUT2D eigenvalue weighted by Crippen LogP contribution is 2.23. The third-order valence-corrected chi connectivity index (χ3v) is 3.42. The quantitative estimate of drug-likeness (QED) is 0.937. The molecule has 0 saturated heterocycles. The van der Waals surface area contributed by atoms with Crippen molar-refractivity contribution in [3.63, 3.8) is 0 Å². The summed E-state index contributed by atoms with van der Waals surface area (Å²) in [5, 5.41) is 0. The van der Waals surface area contributed by atoms with Gasteiger partial charge in [-0.25, -0.2) is 4.98 Å². The standard InChI is InChI=1S/C12H16BrN3/c1-3-8(2)7-16-11-6-9(13)4-5-10(11)15-12(16)14/h4-6,8H,3,7H2,1-2H3,(H2,14,15). The Morgan fingerprint density at radius 1 is 1.50 bits per heavy atom. The molecule has 1 aromatic carbocycles. The van der Waals surface area contributed by atoms with Crippen LogP contribution in [-0.2, 0) is 6.54 Å². The zero-order valence-electron chi connectivity index (χ0n) is 9.57. The molecule has 0 aliphatic rings. The van der Waals surface area contributed by atoms with Crippen molar-refractivity contribution < 1.29 is 0 Å². The van der Waals surface area contributed by atoms with E-state index in [9.17, 15) is 0 Å². The number of benzene rings is 1. The molecule has 0 fully saturated rings. The predicted molar refractivity (Wildman–Crippen MR) is 71.3 cm³/mol. The first kappa shape index (κ1) is 11.5. The molecule has 1 unspecified atom stereocenters. The van der Waals surface area contributed by atoms with Gasteiger partial charge in [0.15, 0.2) is 0 Å². The maximum Gasteiger partial charge on any atom is 0.201 e. The van der Waals surface area contributed by atoms with Crippen LogP contribution in [0.1, 0.15) is 20.3 Å². The molecule has 2 rings (SSSR count). The second-order valence-electron chi connectivity index (χ2n) is 4.23. The minimum absolute atomic E-state index is 0.605. The molecule has 86 valence electrons. The number of hydrogen-bond donors (Lipinski definition) is 1. The highest BCUT2D eigenvalue weighted by Gasteiger charge is 2.10. The number of nitrogens with zero attached hydrogens (tertiary/aromatic N) is 2. The number of rotatable bonds is 3. The smallest absolute Gasteiger partial charge is 0.201 e. The molecule has 4 heteroatoms. The van der Waals surface area contributed by atoms with Crippen LogP contribution in [0.15, 0.2) is 22.7 Å². The van der Waals surface area contributed by atoms with Gasteiger partial charge in [-0.3, -0.25) is 0 Å². The summed E-state index contributed by atoms with van der Waals surface area (Å²) in [6.07, 6.45) is 1.15. The summed E-state index contributed by atoms with van der Waals surface area (Å²) in [5.41, 5.74) is 8.01. The van der Waals surface area contributed by atoms with E-state index in [4.69, 9.17) is 5.73 Å². The van der Waals surface area contributed by atoms with Crippen molar-refractivity contribution in [1.82, 2.24) is 9.55 Å². The topological polar surface area (TPSA) is 43.8 Å². The van der Waals surface area contributed by atoms with E-state index in [1.807, 2.05) is 12.1 Å². The molecule has 0 spiro atoms. The summed E-state index contributed by atoms with van der Waals surface area (Å²) >= 11 is 3.48. The Kier molecular flexibility index (Phi) is 3.19. The Morgan fingerprint density at radius 3 is 2.94 bits per heavy atom. The lowest BCUT2D eigenvalue weighted by molar-refractivity contribution is 0.479. The Balaban J connectivity index is 2.50. The number of nitrogen functional groups attached to an aromatic ring is 1. The van der Waals surface area contributed by atoms with Gasteiger partial charge in [-0.05, 0) is 24.1 Å². The van der Waals surface area contributed by atoms with Crippen LogP contribution in [0.5, 0.6) is 0 Å². The SMILES string of the molecule is CCC(C)Cn1c(N)nc2ccc(Br)cc21. The van der Waals surface area contributed by atoms with Crippen molar-refractivity contribution >= 4 is 32.9 Å². The van der Waals surface area contributed by atoms with E-state index < -0.39 is 0 Å². The summed E-state index contributed by atoms with van der Waals surface area (Å²) in [7, 11) is 0. The first-order valence-electron chi connectivity index (χ1n) is 5.53. The minimum atomic E-state index is 0.605. The minimum Gasteiger partial charge on any atom is -0.369 e. The van der Waals surface area contributed by atoms with Crippen LogP contribution in [0, 0.1) is 5.92 Å². The fourth-order valence-electron chi connectivity index (χ4n) is 1.75. The third kappa shape index (κ3) is 2.07. The van der Waals surface area contributed by atoms with Crippen LogP contribution in [0.25, 0.3) is 11.0 Å². The molecule has 3 nitrogen and oxygen atoms in total. The van der Waals surface area contributed by atoms with Crippen molar-refractivity contribution in [2.45, 2.75) is 26.8 Å². The van der Waals surface area contributed by atoms with E-state index in [-0.39, 0.29) is 0 Å². The highest BCUT2D eigenvalue weighted by molar-refractivity contribution is 9.10. The van der Waals surface area contributed by atoms with Crippen LogP contribution in [0.2, 0.25) is 0 Å². The van der Waals surface area contributed by atoms with E-state index >= 15 is 0 Å². The summed E-state index contributed by atoms with van der Waals surface area (Å²) in [6, 6.07) is 6.05. The van der Waals surface area contributed by atoms with Crippen molar-refractivity contribution in [2.75, 3.05) is 5.73 Å². The second kappa shape index (κ2) is 4.45. The van der Waals surface area contributed by atoms with Gasteiger partial charge in [0.2, 0.25) is 5.95 Å². The summed E-state index contributed by atoms with van der Waals surface area (Å²) in [5.74, 6) is 1.21. The van der Waals surface area contributed by atoms with Crippen molar-refractivity contribution in [3.8, 4) is 0 Å². The summed E-state index contributed by atoms with van der Waals surface area (Å²) in [4.78, 5) is 4.36. The van der Waals surface area contributed by atoms with E-state index in [2.05, 4.69) is 45.4 Å². The average molecular weight is 282 g/mol. The van der Waals surface area contributed by atoms with Gasteiger partial charge < -0.3 is 10.3 Å². The van der Waals surface area contributed by atoms with E-state index in [0.717, 1.165) is 28.5 Å². The molecule has 0 bridgehead atoms. The second-order valence-corrected chi connectivity index (χ2v) is 5.14. The molecule has 0 radical (unpaired) electrons. The highest BCUT2D eigenvalue weighted by atomic mass is 79.9. The number of anilines is 1. The van der Waals surface area contributed by atoms with Gasteiger partial charge >= 0.3 is 0 Å². The Morgan fingerprint density at radius 2 is 2.25 bits per heavy atom. The molecule has 1 aromatic heterocycles. The molecule has 0 aliphatic heterocycles. The van der Waals surface area contributed by atoms with E-state index in [1.165, 1.54) is 0 Å². The van der Waals surface area contributed by atoms with Crippen molar-refractivity contribution in [1.29, 1.82) is 0 Å². The maximum absolute atomic E-state index is 5.94. The number of halogens is 1. The number of hydrogen-bond acceptors (Lipinski definition) is 2. The first-order valence-corrected chi connectivity index (χ1v) is 6.32. The molecule has 2 aromatic rings. The number of fused-ring (bicyclic) bond motifs is 1. The van der Waals surface area contributed by atoms with Gasteiger partial charge in [0.25, 0.3) is 0 Å². The van der Waals surface area contributed by atoms with E-state index in [0.29, 0.717) is 11.9 Å². The largest absolute Gasteiger partial charge is 0.369 e. The maximum atomic E-state index is 5.94. The normalized spacial score (nSPS) is 13.2. The third-order valence-electron chi connectivity index (χ3n) is 2.93. The van der Waals surface area contributed by atoms with Gasteiger partial charge in [0, 0.05) is 11.0 Å². The monoisotopic (exact) mass is 281 g/mol. The molecule has 1 heterocycles. The van der Waals surface area contributed by atoms with Crippen LogP contribution in [0.4, 0.5) is 5.95 Å². The molecule has 2 N–H and O–H groups in total. The zero-order chi connectivity index (χ0) is 11.7. The van der Waals surface area contributed by atoms with Crippen LogP contribution >= 0.6 is 15.9 Å². The fraction of sp³-hybridized carbons (Fsp3) is 0.417. The van der Waals surface area contributed by atoms with Gasteiger partial charge in [-0.1, -0.05) is 36.2 Å². The Hall–Kier alpha value is -1.03. The zero-order valence-corrected chi connectivity index (χ0v) is 11.2. The number of imidazole rings is 1. The molecule has 16 heavy (non-hydrogen) atoms. The van der Waals surface area contributed by atoms with Crippen molar-refractivity contribution in [3.05, 3.63) is 22.7 Å². The van der Waals surface area contributed by atoms with Crippen LogP contribution < -0.4 is 5.73 Å². The molecular weight excluding hydrogens is 266 g/mol. The number of aromatic nitrogens is 2. The lowest BCUT2D eigenvalue weighted by Gasteiger charge is -2.11.